The monoisotopic (exact) mass is 479 g/mol. The number of piperidine rings is 1. The van der Waals surface area contributed by atoms with Crippen LogP contribution in [-0.2, 0) is 17.9 Å². The molecule has 1 aromatic heterocycles. The summed E-state index contributed by atoms with van der Waals surface area (Å²) in [6, 6.07) is 30.2. The summed E-state index contributed by atoms with van der Waals surface area (Å²) in [5.74, 6) is 0.652. The summed E-state index contributed by atoms with van der Waals surface area (Å²) >= 11 is 0. The van der Waals surface area contributed by atoms with Gasteiger partial charge >= 0.3 is 0 Å². The Hall–Kier alpha value is -3.37. The second-order valence-electron chi connectivity index (χ2n) is 10.4. The molecule has 2 heterocycles. The Morgan fingerprint density at radius 3 is 2.44 bits per heavy atom. The zero-order valence-corrected chi connectivity index (χ0v) is 21.5. The number of carbonyl (C=O) groups is 1. The number of aryl methyl sites for hydroxylation is 1. The molecule has 0 aliphatic carbocycles. The van der Waals surface area contributed by atoms with Crippen LogP contribution in [0.2, 0.25) is 0 Å². The minimum Gasteiger partial charge on any atom is -0.355 e. The van der Waals surface area contributed by atoms with Gasteiger partial charge in [-0.3, -0.25) is 9.69 Å². The lowest BCUT2D eigenvalue weighted by Gasteiger charge is -2.31. The van der Waals surface area contributed by atoms with Gasteiger partial charge in [0.2, 0.25) is 5.91 Å². The number of hydrogen-bond donors (Lipinski definition) is 1. The van der Waals surface area contributed by atoms with Gasteiger partial charge < -0.3 is 9.88 Å². The average Bonchev–Trinajstić information content (AvgIpc) is 3.24. The van der Waals surface area contributed by atoms with Gasteiger partial charge in [-0.25, -0.2) is 0 Å². The maximum absolute atomic E-state index is 12.9. The normalized spacial score (nSPS) is 15.7. The van der Waals surface area contributed by atoms with Crippen LogP contribution in [0.5, 0.6) is 0 Å². The molecule has 1 N–H and O–H groups in total. The number of hydrogen-bond acceptors (Lipinski definition) is 2. The summed E-state index contributed by atoms with van der Waals surface area (Å²) in [6.07, 6.45) is 1.84. The number of nitrogens with zero attached hydrogens (tertiary/aromatic N) is 2. The predicted molar refractivity (Wildman–Crippen MR) is 148 cm³/mol. The molecule has 1 aliphatic heterocycles. The molecule has 0 radical (unpaired) electrons. The number of nitrogens with one attached hydrogen (secondary N) is 1. The molecular weight excluding hydrogens is 442 g/mol. The van der Waals surface area contributed by atoms with Crippen LogP contribution >= 0.6 is 0 Å². The third-order valence-electron chi connectivity index (χ3n) is 7.61. The Bertz CT molecular complexity index is 1300. The Morgan fingerprint density at radius 1 is 0.917 bits per heavy atom. The van der Waals surface area contributed by atoms with Crippen molar-refractivity contribution in [1.82, 2.24) is 14.8 Å². The Balaban J connectivity index is 1.20. The molecular formula is C32H37N3O. The SMILES string of the molecule is Cc1cccc(Cn2c(CN3CCC(C(=O)NCC(C)c4ccccc4)CC3)cc3ccccc32)c1. The van der Waals surface area contributed by atoms with E-state index in [1.54, 1.807) is 0 Å². The molecule has 1 fully saturated rings. The van der Waals surface area contributed by atoms with Gasteiger partial charge in [0.1, 0.15) is 0 Å². The van der Waals surface area contributed by atoms with E-state index in [0.717, 1.165) is 39.0 Å². The summed E-state index contributed by atoms with van der Waals surface area (Å²) in [7, 11) is 0. The highest BCUT2D eigenvalue weighted by Gasteiger charge is 2.26. The summed E-state index contributed by atoms with van der Waals surface area (Å²) in [5, 5.41) is 4.51. The number of fused-ring (bicyclic) bond motifs is 1. The van der Waals surface area contributed by atoms with Crippen LogP contribution in [0.25, 0.3) is 10.9 Å². The highest BCUT2D eigenvalue weighted by Crippen LogP contribution is 2.25. The lowest BCUT2D eigenvalue weighted by atomic mass is 9.95. The number of carbonyl (C=O) groups excluding carboxylic acids is 1. The van der Waals surface area contributed by atoms with E-state index in [0.29, 0.717) is 12.5 Å². The highest BCUT2D eigenvalue weighted by atomic mass is 16.1. The van der Waals surface area contributed by atoms with Crippen LogP contribution in [0.3, 0.4) is 0 Å². The van der Waals surface area contributed by atoms with Crippen molar-refractivity contribution in [3.63, 3.8) is 0 Å². The van der Waals surface area contributed by atoms with Gasteiger partial charge in [-0.15, -0.1) is 0 Å². The molecule has 4 nitrogen and oxygen atoms in total. The highest BCUT2D eigenvalue weighted by molar-refractivity contribution is 5.81. The van der Waals surface area contributed by atoms with E-state index in [4.69, 9.17) is 0 Å². The number of rotatable bonds is 8. The standard InChI is InChI=1S/C32H37N3O/c1-24-9-8-10-26(19-24)22-35-30(20-29-13-6-7-14-31(29)35)23-34-17-15-28(16-18-34)32(36)33-21-25(2)27-11-4-3-5-12-27/h3-14,19-20,25,28H,15-18,21-23H2,1-2H3,(H,33,36). The van der Waals surface area contributed by atoms with Gasteiger partial charge in [0.05, 0.1) is 0 Å². The molecule has 0 spiro atoms. The van der Waals surface area contributed by atoms with Gasteiger partial charge in [0, 0.05) is 36.8 Å². The number of likely N-dealkylation sites (tertiary alicyclic amines) is 1. The Labute approximate surface area is 214 Å². The second-order valence-corrected chi connectivity index (χ2v) is 10.4. The molecule has 1 aliphatic rings. The van der Waals surface area contributed by atoms with Crippen molar-refractivity contribution in [3.05, 3.63) is 107 Å². The first-order chi connectivity index (χ1) is 17.6. The minimum absolute atomic E-state index is 0.113. The van der Waals surface area contributed by atoms with Crippen LogP contribution < -0.4 is 5.32 Å². The van der Waals surface area contributed by atoms with Crippen LogP contribution in [0.4, 0.5) is 0 Å². The van der Waals surface area contributed by atoms with Gasteiger partial charge in [0.25, 0.3) is 0 Å². The second kappa shape index (κ2) is 11.1. The van der Waals surface area contributed by atoms with Crippen molar-refractivity contribution in [2.75, 3.05) is 19.6 Å². The van der Waals surface area contributed by atoms with Crippen molar-refractivity contribution < 1.29 is 4.79 Å². The largest absolute Gasteiger partial charge is 0.355 e. The quantitative estimate of drug-likeness (QED) is 0.330. The molecule has 1 atom stereocenters. The van der Waals surface area contributed by atoms with Crippen LogP contribution in [0.15, 0.2) is 84.9 Å². The van der Waals surface area contributed by atoms with E-state index in [1.165, 1.54) is 33.3 Å². The molecule has 186 valence electrons. The van der Waals surface area contributed by atoms with Gasteiger partial charge in [-0.1, -0.05) is 85.3 Å². The molecule has 1 unspecified atom stereocenters. The molecule has 3 aromatic carbocycles. The van der Waals surface area contributed by atoms with Gasteiger partial charge in [-0.05, 0) is 67.4 Å². The first kappa shape index (κ1) is 24.3. The number of benzene rings is 3. The molecule has 36 heavy (non-hydrogen) atoms. The van der Waals surface area contributed by atoms with Crippen LogP contribution in [0.1, 0.15) is 48.1 Å². The Kier molecular flexibility index (Phi) is 7.52. The number of para-hydroxylation sites is 1. The zero-order chi connectivity index (χ0) is 24.9. The van der Waals surface area contributed by atoms with E-state index in [1.807, 2.05) is 6.07 Å². The average molecular weight is 480 g/mol. The zero-order valence-electron chi connectivity index (χ0n) is 21.5. The fourth-order valence-corrected chi connectivity index (χ4v) is 5.46. The maximum Gasteiger partial charge on any atom is 0.223 e. The van der Waals surface area contributed by atoms with Gasteiger partial charge in [-0.2, -0.15) is 0 Å². The number of amides is 1. The molecule has 0 saturated carbocycles. The van der Waals surface area contributed by atoms with Gasteiger partial charge in [0.15, 0.2) is 0 Å². The van der Waals surface area contributed by atoms with E-state index in [9.17, 15) is 4.79 Å². The van der Waals surface area contributed by atoms with Crippen molar-refractivity contribution in [2.24, 2.45) is 5.92 Å². The van der Waals surface area contributed by atoms with E-state index >= 15 is 0 Å². The third-order valence-corrected chi connectivity index (χ3v) is 7.61. The van der Waals surface area contributed by atoms with Crippen molar-refractivity contribution in [2.45, 2.75) is 45.7 Å². The topological polar surface area (TPSA) is 37.3 Å². The van der Waals surface area contributed by atoms with Crippen LogP contribution in [-0.4, -0.2) is 35.0 Å². The summed E-state index contributed by atoms with van der Waals surface area (Å²) in [4.78, 5) is 15.4. The molecule has 0 bridgehead atoms. The third kappa shape index (κ3) is 5.71. The Morgan fingerprint density at radius 2 is 1.67 bits per heavy atom. The van der Waals surface area contributed by atoms with Crippen molar-refractivity contribution >= 4 is 16.8 Å². The first-order valence-corrected chi connectivity index (χ1v) is 13.2. The summed E-state index contributed by atoms with van der Waals surface area (Å²) in [5.41, 5.74) is 6.53. The summed E-state index contributed by atoms with van der Waals surface area (Å²) < 4.78 is 2.47. The molecule has 1 saturated heterocycles. The minimum atomic E-state index is 0.113. The van der Waals surface area contributed by atoms with Crippen LogP contribution in [0, 0.1) is 12.8 Å². The molecule has 1 amide bonds. The fourth-order valence-electron chi connectivity index (χ4n) is 5.46. The first-order valence-electron chi connectivity index (χ1n) is 13.2. The lowest BCUT2D eigenvalue weighted by Crippen LogP contribution is -2.41. The molecule has 4 aromatic rings. The smallest absolute Gasteiger partial charge is 0.223 e. The molecule has 4 heteroatoms. The molecule has 5 rings (SSSR count). The predicted octanol–water partition coefficient (Wildman–Crippen LogP) is 6.13. The maximum atomic E-state index is 12.9. The number of aromatic nitrogens is 1. The summed E-state index contributed by atoms with van der Waals surface area (Å²) in [6.45, 7) is 8.73. The lowest BCUT2D eigenvalue weighted by molar-refractivity contribution is -0.126. The van der Waals surface area contributed by atoms with Crippen molar-refractivity contribution in [3.8, 4) is 0 Å². The van der Waals surface area contributed by atoms with E-state index in [2.05, 4.69) is 107 Å². The van der Waals surface area contributed by atoms with Crippen molar-refractivity contribution in [1.29, 1.82) is 0 Å². The van der Waals surface area contributed by atoms with E-state index in [-0.39, 0.29) is 11.8 Å². The fraction of sp³-hybridized carbons (Fsp3) is 0.344. The van der Waals surface area contributed by atoms with E-state index < -0.39 is 0 Å².